The van der Waals surface area contributed by atoms with Gasteiger partial charge in [-0.25, -0.2) is 9.59 Å². The first-order chi connectivity index (χ1) is 10.3. The third kappa shape index (κ3) is 2.81. The number of carboxylic acids is 1. The Labute approximate surface area is 127 Å². The molecule has 1 spiro atoms. The number of hydrogen-bond donors (Lipinski definition) is 2. The largest absolute Gasteiger partial charge is 0.478 e. The predicted octanol–water partition coefficient (Wildman–Crippen LogP) is -0.0514. The van der Waals surface area contributed by atoms with E-state index in [-0.39, 0.29) is 11.9 Å². The standard InChI is InChI=1S/C14H19N3O5/c1-9(2)17-12(21)14(15-13(17)22)5-7-16(8-6-14)10(18)3-4-11(19)20/h3-4,9H,5-8H2,1-2H3,(H,15,22)(H,19,20)/b4-3+. The van der Waals surface area contributed by atoms with E-state index < -0.39 is 23.4 Å². The molecule has 2 aliphatic heterocycles. The summed E-state index contributed by atoms with van der Waals surface area (Å²) in [5.41, 5.74) is -0.936. The maximum absolute atomic E-state index is 12.5. The number of likely N-dealkylation sites (tertiary alicyclic amines) is 1. The molecule has 0 atom stereocenters. The van der Waals surface area contributed by atoms with Crippen LogP contribution in [0, 0.1) is 0 Å². The van der Waals surface area contributed by atoms with Crippen LogP contribution in [0.3, 0.4) is 0 Å². The highest BCUT2D eigenvalue weighted by molar-refractivity contribution is 6.07. The van der Waals surface area contributed by atoms with Crippen LogP contribution >= 0.6 is 0 Å². The summed E-state index contributed by atoms with van der Waals surface area (Å²) in [6.45, 7) is 4.12. The van der Waals surface area contributed by atoms with Crippen LogP contribution in [0.1, 0.15) is 26.7 Å². The number of urea groups is 1. The van der Waals surface area contributed by atoms with Crippen LogP contribution in [0.15, 0.2) is 12.2 Å². The maximum Gasteiger partial charge on any atom is 0.328 e. The van der Waals surface area contributed by atoms with Gasteiger partial charge in [0.1, 0.15) is 5.54 Å². The zero-order chi connectivity index (χ0) is 16.5. The van der Waals surface area contributed by atoms with Crippen LogP contribution in [-0.2, 0) is 14.4 Å². The maximum atomic E-state index is 12.5. The average molecular weight is 309 g/mol. The van der Waals surface area contributed by atoms with E-state index in [1.165, 1.54) is 9.80 Å². The van der Waals surface area contributed by atoms with Crippen LogP contribution in [0.4, 0.5) is 4.79 Å². The summed E-state index contributed by atoms with van der Waals surface area (Å²) < 4.78 is 0. The second-order valence-electron chi connectivity index (χ2n) is 5.78. The van der Waals surface area contributed by atoms with Crippen molar-refractivity contribution in [3.8, 4) is 0 Å². The van der Waals surface area contributed by atoms with Gasteiger partial charge in [0.15, 0.2) is 0 Å². The smallest absolute Gasteiger partial charge is 0.328 e. The van der Waals surface area contributed by atoms with Gasteiger partial charge in [-0.15, -0.1) is 0 Å². The van der Waals surface area contributed by atoms with Crippen molar-refractivity contribution in [3.63, 3.8) is 0 Å². The van der Waals surface area contributed by atoms with Gasteiger partial charge in [-0.3, -0.25) is 14.5 Å². The average Bonchev–Trinajstić information content (AvgIpc) is 2.68. The highest BCUT2D eigenvalue weighted by Gasteiger charge is 2.53. The number of amides is 4. The fourth-order valence-electron chi connectivity index (χ4n) is 2.81. The molecule has 0 bridgehead atoms. The number of carbonyl (C=O) groups excluding carboxylic acids is 3. The summed E-state index contributed by atoms with van der Waals surface area (Å²) in [5.74, 6) is -1.84. The van der Waals surface area contributed by atoms with E-state index >= 15 is 0 Å². The molecule has 0 unspecified atom stereocenters. The van der Waals surface area contributed by atoms with E-state index in [1.54, 1.807) is 13.8 Å². The van der Waals surface area contributed by atoms with Crippen LogP contribution in [-0.4, -0.2) is 63.4 Å². The Kier molecular flexibility index (Phi) is 4.20. The molecular formula is C14H19N3O5. The molecule has 8 nitrogen and oxygen atoms in total. The molecule has 2 rings (SSSR count). The van der Waals surface area contributed by atoms with E-state index in [9.17, 15) is 19.2 Å². The number of nitrogens with zero attached hydrogens (tertiary/aromatic N) is 2. The third-order valence-electron chi connectivity index (χ3n) is 4.01. The van der Waals surface area contributed by atoms with E-state index in [0.29, 0.717) is 25.9 Å². The molecule has 4 amide bonds. The lowest BCUT2D eigenvalue weighted by Gasteiger charge is -2.37. The van der Waals surface area contributed by atoms with Gasteiger partial charge in [0.2, 0.25) is 5.91 Å². The number of rotatable bonds is 3. The molecule has 0 aromatic heterocycles. The molecule has 2 fully saturated rings. The number of hydrogen-bond acceptors (Lipinski definition) is 4. The minimum Gasteiger partial charge on any atom is -0.478 e. The predicted molar refractivity (Wildman–Crippen MR) is 75.8 cm³/mol. The molecule has 0 aromatic carbocycles. The first kappa shape index (κ1) is 16.0. The van der Waals surface area contributed by atoms with Crippen molar-refractivity contribution >= 4 is 23.8 Å². The molecule has 2 heterocycles. The Morgan fingerprint density at radius 3 is 2.27 bits per heavy atom. The number of imide groups is 1. The minimum atomic E-state index is -1.19. The van der Waals surface area contributed by atoms with E-state index in [0.717, 1.165) is 12.2 Å². The highest BCUT2D eigenvalue weighted by Crippen LogP contribution is 2.30. The van der Waals surface area contributed by atoms with Crippen LogP contribution in [0.25, 0.3) is 0 Å². The summed E-state index contributed by atoms with van der Waals surface area (Å²) in [4.78, 5) is 49.3. The van der Waals surface area contributed by atoms with E-state index in [1.807, 2.05) is 0 Å². The van der Waals surface area contributed by atoms with Crippen molar-refractivity contribution in [3.05, 3.63) is 12.2 Å². The zero-order valence-electron chi connectivity index (χ0n) is 12.5. The molecule has 0 aliphatic carbocycles. The Hall–Kier alpha value is -2.38. The summed E-state index contributed by atoms with van der Waals surface area (Å²) >= 11 is 0. The van der Waals surface area contributed by atoms with Crippen molar-refractivity contribution in [2.75, 3.05) is 13.1 Å². The fraction of sp³-hybridized carbons (Fsp3) is 0.571. The number of aliphatic carboxylic acids is 1. The lowest BCUT2D eigenvalue weighted by Crippen LogP contribution is -2.55. The van der Waals surface area contributed by atoms with Crippen molar-refractivity contribution in [1.29, 1.82) is 0 Å². The van der Waals surface area contributed by atoms with Crippen LogP contribution < -0.4 is 5.32 Å². The third-order valence-corrected chi connectivity index (χ3v) is 4.01. The highest BCUT2D eigenvalue weighted by atomic mass is 16.4. The summed E-state index contributed by atoms with van der Waals surface area (Å²) in [6, 6.07) is -0.615. The summed E-state index contributed by atoms with van der Waals surface area (Å²) in [6.07, 6.45) is 2.44. The van der Waals surface area contributed by atoms with E-state index in [4.69, 9.17) is 5.11 Å². The Morgan fingerprint density at radius 1 is 1.23 bits per heavy atom. The van der Waals surface area contributed by atoms with Crippen molar-refractivity contribution in [2.45, 2.75) is 38.3 Å². The molecule has 0 aromatic rings. The molecule has 0 saturated carbocycles. The lowest BCUT2D eigenvalue weighted by atomic mass is 9.87. The van der Waals surface area contributed by atoms with Gasteiger partial charge in [0.05, 0.1) is 0 Å². The topological polar surface area (TPSA) is 107 Å². The van der Waals surface area contributed by atoms with Gasteiger partial charge in [-0.2, -0.15) is 0 Å². The minimum absolute atomic E-state index is 0.218. The van der Waals surface area contributed by atoms with Crippen LogP contribution in [0.2, 0.25) is 0 Å². The molecule has 22 heavy (non-hydrogen) atoms. The Balaban J connectivity index is 2.03. The molecule has 8 heteroatoms. The van der Waals surface area contributed by atoms with Crippen molar-refractivity contribution < 1.29 is 24.3 Å². The van der Waals surface area contributed by atoms with Gasteiger partial charge < -0.3 is 15.3 Å². The first-order valence-electron chi connectivity index (χ1n) is 7.12. The second-order valence-corrected chi connectivity index (χ2v) is 5.78. The van der Waals surface area contributed by atoms with Crippen LogP contribution in [0.5, 0.6) is 0 Å². The first-order valence-corrected chi connectivity index (χ1v) is 7.12. The number of piperidine rings is 1. The molecule has 2 N–H and O–H groups in total. The van der Waals surface area contributed by atoms with Crippen molar-refractivity contribution in [2.24, 2.45) is 0 Å². The normalized spacial score (nSPS) is 21.0. The fourth-order valence-corrected chi connectivity index (χ4v) is 2.81. The quantitative estimate of drug-likeness (QED) is 0.561. The van der Waals surface area contributed by atoms with Gasteiger partial charge in [-0.1, -0.05) is 0 Å². The molecule has 2 saturated heterocycles. The van der Waals surface area contributed by atoms with Gasteiger partial charge in [0.25, 0.3) is 5.91 Å². The monoisotopic (exact) mass is 309 g/mol. The Bertz CT molecular complexity index is 547. The van der Waals surface area contributed by atoms with Gasteiger partial charge >= 0.3 is 12.0 Å². The lowest BCUT2D eigenvalue weighted by molar-refractivity contribution is -0.137. The second kappa shape index (κ2) is 5.78. The molecule has 2 aliphatic rings. The number of carboxylic acid groups (broad SMARTS) is 1. The molecule has 120 valence electrons. The van der Waals surface area contributed by atoms with Gasteiger partial charge in [0, 0.05) is 31.3 Å². The Morgan fingerprint density at radius 2 is 1.82 bits per heavy atom. The van der Waals surface area contributed by atoms with Gasteiger partial charge in [-0.05, 0) is 26.7 Å². The molecular weight excluding hydrogens is 290 g/mol. The zero-order valence-corrected chi connectivity index (χ0v) is 12.5. The number of carbonyl (C=O) groups is 4. The number of nitrogens with one attached hydrogen (secondary N) is 1. The molecule has 0 radical (unpaired) electrons. The van der Waals surface area contributed by atoms with E-state index in [2.05, 4.69) is 5.32 Å². The summed E-state index contributed by atoms with van der Waals surface area (Å²) in [5, 5.41) is 11.3. The SMILES string of the molecule is CC(C)N1C(=O)NC2(CCN(C(=O)/C=C/C(=O)O)CC2)C1=O. The summed E-state index contributed by atoms with van der Waals surface area (Å²) in [7, 11) is 0. The van der Waals surface area contributed by atoms with Crippen molar-refractivity contribution in [1.82, 2.24) is 15.1 Å².